The van der Waals surface area contributed by atoms with E-state index in [-0.39, 0.29) is 0 Å². The van der Waals surface area contributed by atoms with Gasteiger partial charge in [-0.2, -0.15) is 0 Å². The second-order valence-corrected chi connectivity index (χ2v) is 5.82. The molecule has 0 unspecified atom stereocenters. The van der Waals surface area contributed by atoms with Gasteiger partial charge < -0.3 is 15.6 Å². The van der Waals surface area contributed by atoms with Gasteiger partial charge in [0, 0.05) is 13.6 Å². The van der Waals surface area contributed by atoms with Gasteiger partial charge >= 0.3 is 0 Å². The van der Waals surface area contributed by atoms with Crippen molar-refractivity contribution in [1.29, 1.82) is 0 Å². The number of nitrogens with zero attached hydrogens (tertiary/aromatic N) is 2. The maximum absolute atomic E-state index is 4.43. The van der Waals surface area contributed by atoms with Crippen LogP contribution < -0.4 is 10.6 Å². The van der Waals surface area contributed by atoms with Crippen molar-refractivity contribution in [3.05, 3.63) is 77.7 Å². The Morgan fingerprint density at radius 1 is 1.00 bits per heavy atom. The van der Waals surface area contributed by atoms with Gasteiger partial charge in [0.1, 0.15) is 5.82 Å². The van der Waals surface area contributed by atoms with Crippen LogP contribution >= 0.6 is 0 Å². The van der Waals surface area contributed by atoms with Crippen LogP contribution in [0.4, 0.5) is 0 Å². The molecule has 0 radical (unpaired) electrons. The number of hydrogen-bond donors (Lipinski definition) is 3. The third-order valence-electron chi connectivity index (χ3n) is 4.07. The topological polar surface area (TPSA) is 65.1 Å². The molecule has 3 aromatic rings. The lowest BCUT2D eigenvalue weighted by molar-refractivity contribution is 0.780. The van der Waals surface area contributed by atoms with Crippen molar-refractivity contribution >= 4 is 5.96 Å². The summed E-state index contributed by atoms with van der Waals surface area (Å²) in [4.78, 5) is 12.0. The summed E-state index contributed by atoms with van der Waals surface area (Å²) >= 11 is 0. The molecule has 0 atom stereocenters. The first-order valence-corrected chi connectivity index (χ1v) is 8.34. The predicted octanol–water partition coefficient (Wildman–Crippen LogP) is 3.25. The fourth-order valence-electron chi connectivity index (χ4n) is 2.59. The molecule has 1 heterocycles. The van der Waals surface area contributed by atoms with Crippen LogP contribution in [0.25, 0.3) is 11.3 Å². The number of nitrogens with one attached hydrogen (secondary N) is 3. The molecule has 2 aromatic carbocycles. The monoisotopic (exact) mass is 333 g/mol. The summed E-state index contributed by atoms with van der Waals surface area (Å²) in [5, 5.41) is 6.62. The number of aromatic nitrogens is 2. The molecule has 5 nitrogen and oxygen atoms in total. The van der Waals surface area contributed by atoms with E-state index in [4.69, 9.17) is 0 Å². The highest BCUT2D eigenvalue weighted by molar-refractivity contribution is 5.79. The first kappa shape index (κ1) is 16.8. The van der Waals surface area contributed by atoms with E-state index in [0.717, 1.165) is 29.6 Å². The number of guanidine groups is 1. The maximum Gasteiger partial charge on any atom is 0.191 e. The first-order valence-electron chi connectivity index (χ1n) is 8.34. The van der Waals surface area contributed by atoms with E-state index in [1.165, 1.54) is 11.1 Å². The summed E-state index contributed by atoms with van der Waals surface area (Å²) in [5.74, 6) is 1.62. The van der Waals surface area contributed by atoms with Crippen LogP contribution in [0.3, 0.4) is 0 Å². The normalized spacial score (nSPS) is 11.4. The van der Waals surface area contributed by atoms with Gasteiger partial charge in [-0.05, 0) is 23.6 Å². The van der Waals surface area contributed by atoms with Crippen LogP contribution in [-0.4, -0.2) is 23.0 Å². The highest BCUT2D eigenvalue weighted by Crippen LogP contribution is 2.15. The van der Waals surface area contributed by atoms with E-state index in [0.29, 0.717) is 6.54 Å². The quantitative estimate of drug-likeness (QED) is 0.496. The van der Waals surface area contributed by atoms with E-state index in [9.17, 15) is 0 Å². The van der Waals surface area contributed by atoms with Crippen molar-refractivity contribution in [3.63, 3.8) is 0 Å². The number of aliphatic imine (C=N–C) groups is 1. The number of H-pyrrole nitrogens is 1. The minimum Gasteiger partial charge on any atom is -0.352 e. The third-order valence-corrected chi connectivity index (χ3v) is 4.07. The van der Waals surface area contributed by atoms with Gasteiger partial charge in [0.15, 0.2) is 5.96 Å². The SMILES string of the molecule is CN=C(NCc1ncc(-c2ccccc2)[nH]1)NCc1ccccc1C. The Balaban J connectivity index is 1.55. The minimum absolute atomic E-state index is 0.584. The van der Waals surface area contributed by atoms with Gasteiger partial charge in [-0.15, -0.1) is 0 Å². The van der Waals surface area contributed by atoms with Gasteiger partial charge in [0.2, 0.25) is 0 Å². The van der Waals surface area contributed by atoms with Gasteiger partial charge in [-0.1, -0.05) is 54.6 Å². The van der Waals surface area contributed by atoms with E-state index < -0.39 is 0 Å². The minimum atomic E-state index is 0.584. The average molecular weight is 333 g/mol. The summed E-state index contributed by atoms with van der Waals surface area (Å²) in [6.07, 6.45) is 1.86. The highest BCUT2D eigenvalue weighted by Gasteiger charge is 2.05. The van der Waals surface area contributed by atoms with Gasteiger partial charge in [0.05, 0.1) is 18.4 Å². The predicted molar refractivity (Wildman–Crippen MR) is 102 cm³/mol. The molecule has 0 spiro atoms. The van der Waals surface area contributed by atoms with Crippen molar-refractivity contribution in [2.45, 2.75) is 20.0 Å². The lowest BCUT2D eigenvalue weighted by Gasteiger charge is -2.12. The zero-order valence-electron chi connectivity index (χ0n) is 14.6. The van der Waals surface area contributed by atoms with E-state index in [1.807, 2.05) is 36.5 Å². The molecule has 1 aromatic heterocycles. The van der Waals surface area contributed by atoms with Crippen LogP contribution in [0, 0.1) is 6.92 Å². The van der Waals surface area contributed by atoms with Gasteiger partial charge in [-0.3, -0.25) is 4.99 Å². The Hall–Kier alpha value is -3.08. The Bertz CT molecular complexity index is 836. The molecule has 0 saturated carbocycles. The highest BCUT2D eigenvalue weighted by atomic mass is 15.2. The molecule has 0 amide bonds. The summed E-state index contributed by atoms with van der Waals surface area (Å²) in [5.41, 5.74) is 4.67. The molecule has 5 heteroatoms. The second kappa shape index (κ2) is 8.15. The zero-order valence-corrected chi connectivity index (χ0v) is 14.6. The zero-order chi connectivity index (χ0) is 17.5. The molecule has 0 aliphatic heterocycles. The molecule has 0 aliphatic carbocycles. The third kappa shape index (κ3) is 4.47. The maximum atomic E-state index is 4.43. The van der Waals surface area contributed by atoms with Crippen LogP contribution in [0.5, 0.6) is 0 Å². The molecule has 0 saturated heterocycles. The molecule has 3 N–H and O–H groups in total. The Labute approximate surface area is 148 Å². The summed E-state index contributed by atoms with van der Waals surface area (Å²) < 4.78 is 0. The van der Waals surface area contributed by atoms with Crippen molar-refractivity contribution in [3.8, 4) is 11.3 Å². The van der Waals surface area contributed by atoms with Gasteiger partial charge in [-0.25, -0.2) is 4.98 Å². The van der Waals surface area contributed by atoms with E-state index in [2.05, 4.69) is 56.8 Å². The van der Waals surface area contributed by atoms with Crippen LogP contribution in [0.1, 0.15) is 17.0 Å². The van der Waals surface area contributed by atoms with Crippen molar-refractivity contribution in [1.82, 2.24) is 20.6 Å². The van der Waals surface area contributed by atoms with Crippen LogP contribution in [-0.2, 0) is 13.1 Å². The summed E-state index contributed by atoms with van der Waals surface area (Å²) in [6.45, 7) is 3.43. The summed E-state index contributed by atoms with van der Waals surface area (Å²) in [7, 11) is 1.77. The molecule has 0 bridgehead atoms. The van der Waals surface area contributed by atoms with Crippen molar-refractivity contribution < 1.29 is 0 Å². The molecule has 25 heavy (non-hydrogen) atoms. The number of rotatable bonds is 5. The molecular formula is C20H23N5. The molecule has 3 rings (SSSR count). The fourth-order valence-corrected chi connectivity index (χ4v) is 2.59. The lowest BCUT2D eigenvalue weighted by Crippen LogP contribution is -2.36. The standard InChI is InChI=1S/C20H23N5/c1-15-8-6-7-11-17(15)12-23-20(21-2)24-14-19-22-13-18(25-19)16-9-4-3-5-10-16/h3-11,13H,12,14H2,1-2H3,(H,22,25)(H2,21,23,24). The largest absolute Gasteiger partial charge is 0.352 e. The Morgan fingerprint density at radius 2 is 1.72 bits per heavy atom. The Kier molecular flexibility index (Phi) is 5.46. The number of aromatic amines is 1. The average Bonchev–Trinajstić information content (AvgIpc) is 3.13. The van der Waals surface area contributed by atoms with Crippen LogP contribution in [0.15, 0.2) is 65.8 Å². The lowest BCUT2D eigenvalue weighted by atomic mass is 10.1. The van der Waals surface area contributed by atoms with Crippen molar-refractivity contribution in [2.75, 3.05) is 7.05 Å². The van der Waals surface area contributed by atoms with E-state index >= 15 is 0 Å². The summed E-state index contributed by atoms with van der Waals surface area (Å²) in [6, 6.07) is 18.5. The fraction of sp³-hybridized carbons (Fsp3) is 0.200. The van der Waals surface area contributed by atoms with E-state index in [1.54, 1.807) is 7.05 Å². The van der Waals surface area contributed by atoms with Crippen LogP contribution in [0.2, 0.25) is 0 Å². The smallest absolute Gasteiger partial charge is 0.191 e. The van der Waals surface area contributed by atoms with Crippen molar-refractivity contribution in [2.24, 2.45) is 4.99 Å². The number of aryl methyl sites for hydroxylation is 1. The van der Waals surface area contributed by atoms with Gasteiger partial charge in [0.25, 0.3) is 0 Å². The number of benzene rings is 2. The Morgan fingerprint density at radius 3 is 2.48 bits per heavy atom. The molecular weight excluding hydrogens is 310 g/mol. The molecule has 0 fully saturated rings. The number of hydrogen-bond acceptors (Lipinski definition) is 2. The molecule has 128 valence electrons. The molecule has 0 aliphatic rings. The first-order chi connectivity index (χ1) is 12.3. The number of imidazole rings is 1. The second-order valence-electron chi connectivity index (χ2n) is 5.82.